The molecule has 1 heterocycles. The van der Waals surface area contributed by atoms with Crippen LogP contribution in [0.3, 0.4) is 0 Å². The summed E-state index contributed by atoms with van der Waals surface area (Å²) in [5, 5.41) is 12.9. The number of benzene rings is 2. The van der Waals surface area contributed by atoms with Gasteiger partial charge in [0.05, 0.1) is 17.6 Å². The van der Waals surface area contributed by atoms with E-state index in [0.717, 1.165) is 0 Å². The van der Waals surface area contributed by atoms with Gasteiger partial charge in [0.1, 0.15) is 0 Å². The van der Waals surface area contributed by atoms with Crippen molar-refractivity contribution in [3.8, 4) is 0 Å². The van der Waals surface area contributed by atoms with E-state index in [0.29, 0.717) is 27.1 Å². The molecule has 0 bridgehead atoms. The lowest BCUT2D eigenvalue weighted by molar-refractivity contribution is -0.139. The van der Waals surface area contributed by atoms with Gasteiger partial charge in [-0.3, -0.25) is 14.4 Å². The molecule has 2 amide bonds. The van der Waals surface area contributed by atoms with Crippen LogP contribution in [0.1, 0.15) is 11.3 Å². The van der Waals surface area contributed by atoms with Crippen molar-refractivity contribution in [3.63, 3.8) is 0 Å². The monoisotopic (exact) mass is 370 g/mol. The first-order valence-corrected chi connectivity index (χ1v) is 8.20. The predicted octanol–water partition coefficient (Wildman–Crippen LogP) is 1.51. The zero-order valence-corrected chi connectivity index (χ0v) is 14.3. The number of nitrogens with one attached hydrogen (secondary N) is 3. The number of H-pyrrole nitrogens is 1. The molecule has 0 radical (unpaired) electrons. The number of hydrogen-bond donors (Lipinski definition) is 3. The Balaban J connectivity index is 1.62. The molecular weight excluding hydrogens is 356 g/mol. The highest BCUT2D eigenvalue weighted by Gasteiger charge is 2.14. The third kappa shape index (κ3) is 3.89. The highest BCUT2D eigenvalue weighted by Crippen LogP contribution is 2.14. The van der Waals surface area contributed by atoms with Crippen LogP contribution >= 0.6 is 11.6 Å². The average Bonchev–Trinajstić information content (AvgIpc) is 2.66. The summed E-state index contributed by atoms with van der Waals surface area (Å²) in [6.45, 7) is 0.154. The minimum Gasteiger partial charge on any atom is -0.344 e. The lowest BCUT2D eigenvalue weighted by atomic mass is 10.1. The fourth-order valence-corrected chi connectivity index (χ4v) is 2.65. The van der Waals surface area contributed by atoms with Crippen molar-refractivity contribution < 1.29 is 9.59 Å². The van der Waals surface area contributed by atoms with Crippen molar-refractivity contribution in [2.24, 2.45) is 0 Å². The maximum Gasteiger partial charge on any atom is 0.309 e. The van der Waals surface area contributed by atoms with E-state index in [4.69, 9.17) is 11.6 Å². The van der Waals surface area contributed by atoms with E-state index in [1.165, 1.54) is 0 Å². The Bertz CT molecular complexity index is 1030. The van der Waals surface area contributed by atoms with Crippen LogP contribution < -0.4 is 16.2 Å². The average molecular weight is 371 g/mol. The van der Waals surface area contributed by atoms with Gasteiger partial charge in [-0.2, -0.15) is 5.10 Å². The van der Waals surface area contributed by atoms with E-state index in [2.05, 4.69) is 20.8 Å². The molecule has 8 heteroatoms. The summed E-state index contributed by atoms with van der Waals surface area (Å²) in [6, 6.07) is 13.9. The van der Waals surface area contributed by atoms with Crippen LogP contribution in [0.2, 0.25) is 5.02 Å². The van der Waals surface area contributed by atoms with Crippen molar-refractivity contribution in [3.05, 3.63) is 75.2 Å². The highest BCUT2D eigenvalue weighted by molar-refractivity contribution is 6.35. The molecule has 0 aliphatic carbocycles. The van der Waals surface area contributed by atoms with Gasteiger partial charge in [-0.15, -0.1) is 0 Å². The Labute approximate surface area is 153 Å². The van der Waals surface area contributed by atoms with Crippen LogP contribution in [0.25, 0.3) is 10.8 Å². The van der Waals surface area contributed by atoms with E-state index in [1.54, 1.807) is 48.5 Å². The molecular formula is C18H15ClN4O3. The molecule has 0 saturated heterocycles. The number of aromatic nitrogens is 2. The van der Waals surface area contributed by atoms with Crippen LogP contribution in [0, 0.1) is 0 Å². The molecule has 3 N–H and O–H groups in total. The van der Waals surface area contributed by atoms with E-state index >= 15 is 0 Å². The summed E-state index contributed by atoms with van der Waals surface area (Å²) in [5.41, 5.74) is 0.865. The van der Waals surface area contributed by atoms with Crippen molar-refractivity contribution in [1.29, 1.82) is 0 Å². The first-order valence-electron chi connectivity index (χ1n) is 7.82. The van der Waals surface area contributed by atoms with E-state index in [1.807, 2.05) is 0 Å². The molecule has 0 atom stereocenters. The van der Waals surface area contributed by atoms with Gasteiger partial charge in [0.25, 0.3) is 5.56 Å². The molecule has 0 aliphatic rings. The summed E-state index contributed by atoms with van der Waals surface area (Å²) in [4.78, 5) is 35.6. The first-order chi connectivity index (χ1) is 12.6. The van der Waals surface area contributed by atoms with E-state index in [9.17, 15) is 14.4 Å². The number of amides is 2. The normalized spacial score (nSPS) is 10.5. The molecule has 132 valence electrons. The fraction of sp³-hybridized carbons (Fsp3) is 0.111. The third-order valence-electron chi connectivity index (χ3n) is 3.79. The third-order valence-corrected chi connectivity index (χ3v) is 4.16. The van der Waals surface area contributed by atoms with Crippen LogP contribution in [0.15, 0.2) is 53.3 Å². The molecule has 0 aliphatic heterocycles. The molecule has 2 aromatic carbocycles. The Morgan fingerprint density at radius 3 is 2.27 bits per heavy atom. The Kier molecular flexibility index (Phi) is 5.28. The van der Waals surface area contributed by atoms with Crippen molar-refractivity contribution >= 4 is 34.2 Å². The minimum absolute atomic E-state index is 0.00956. The van der Waals surface area contributed by atoms with Crippen molar-refractivity contribution in [1.82, 2.24) is 20.8 Å². The summed E-state index contributed by atoms with van der Waals surface area (Å²) in [7, 11) is 0. The molecule has 0 spiro atoms. The van der Waals surface area contributed by atoms with Crippen molar-refractivity contribution in [2.75, 3.05) is 0 Å². The number of rotatable bonds is 4. The smallest absolute Gasteiger partial charge is 0.309 e. The van der Waals surface area contributed by atoms with E-state index in [-0.39, 0.29) is 18.6 Å². The molecule has 0 fully saturated rings. The maximum atomic E-state index is 12.0. The second-order valence-electron chi connectivity index (χ2n) is 5.50. The maximum absolute atomic E-state index is 12.0. The zero-order chi connectivity index (χ0) is 18.5. The van der Waals surface area contributed by atoms with Gasteiger partial charge >= 0.3 is 11.8 Å². The highest BCUT2D eigenvalue weighted by atomic mass is 35.5. The molecule has 7 nitrogen and oxygen atoms in total. The van der Waals surface area contributed by atoms with Gasteiger partial charge in [-0.05, 0) is 17.7 Å². The van der Waals surface area contributed by atoms with Gasteiger partial charge in [-0.25, -0.2) is 5.10 Å². The molecule has 26 heavy (non-hydrogen) atoms. The standard InChI is InChI=1S/C18H15ClN4O3/c19-14-8-4-1-5-11(14)9-20-17(25)18(26)21-10-15-12-6-2-3-7-13(12)16(24)23-22-15/h1-8H,9-10H2,(H,20,25)(H,21,26)(H,23,24). The summed E-state index contributed by atoms with van der Waals surface area (Å²) < 4.78 is 0. The van der Waals surface area contributed by atoms with Crippen LogP contribution in [0.4, 0.5) is 0 Å². The Hall–Kier alpha value is -3.19. The summed E-state index contributed by atoms with van der Waals surface area (Å²) in [5.74, 6) is -1.58. The number of halogens is 1. The zero-order valence-electron chi connectivity index (χ0n) is 13.6. The number of fused-ring (bicyclic) bond motifs is 1. The van der Waals surface area contributed by atoms with Crippen LogP contribution in [-0.4, -0.2) is 22.0 Å². The number of carbonyl (C=O) groups is 2. The SMILES string of the molecule is O=C(NCc1ccccc1Cl)C(=O)NCc1n[nH]c(=O)c2ccccc12. The Morgan fingerprint density at radius 1 is 0.923 bits per heavy atom. The van der Waals surface area contributed by atoms with Gasteiger partial charge in [0.15, 0.2) is 0 Å². The van der Waals surface area contributed by atoms with Gasteiger partial charge in [-0.1, -0.05) is 48.0 Å². The number of hydrogen-bond acceptors (Lipinski definition) is 4. The number of carbonyl (C=O) groups excluding carboxylic acids is 2. The van der Waals surface area contributed by atoms with Crippen LogP contribution in [-0.2, 0) is 22.7 Å². The number of aromatic amines is 1. The molecule has 3 rings (SSSR count). The van der Waals surface area contributed by atoms with Gasteiger partial charge in [0, 0.05) is 17.0 Å². The second-order valence-corrected chi connectivity index (χ2v) is 5.91. The fourth-order valence-electron chi connectivity index (χ4n) is 2.45. The Morgan fingerprint density at radius 2 is 1.54 bits per heavy atom. The summed E-state index contributed by atoms with van der Waals surface area (Å²) >= 11 is 6.01. The van der Waals surface area contributed by atoms with Crippen molar-refractivity contribution in [2.45, 2.75) is 13.1 Å². The molecule has 0 unspecified atom stereocenters. The molecule has 1 aromatic heterocycles. The quantitative estimate of drug-likeness (QED) is 0.605. The first kappa shape index (κ1) is 17.6. The molecule has 0 saturated carbocycles. The molecule has 3 aromatic rings. The van der Waals surface area contributed by atoms with Gasteiger partial charge < -0.3 is 10.6 Å². The predicted molar refractivity (Wildman–Crippen MR) is 97.5 cm³/mol. The topological polar surface area (TPSA) is 104 Å². The lowest BCUT2D eigenvalue weighted by Gasteiger charge is -2.08. The minimum atomic E-state index is -0.797. The largest absolute Gasteiger partial charge is 0.344 e. The lowest BCUT2D eigenvalue weighted by Crippen LogP contribution is -2.39. The van der Waals surface area contributed by atoms with E-state index < -0.39 is 11.8 Å². The van der Waals surface area contributed by atoms with Crippen LogP contribution in [0.5, 0.6) is 0 Å². The van der Waals surface area contributed by atoms with Gasteiger partial charge in [0.2, 0.25) is 0 Å². The second kappa shape index (κ2) is 7.79. The summed E-state index contributed by atoms with van der Waals surface area (Å²) in [6.07, 6.45) is 0. The number of nitrogens with zero attached hydrogens (tertiary/aromatic N) is 1.